The lowest BCUT2D eigenvalue weighted by Gasteiger charge is -2.35. The third-order valence-electron chi connectivity index (χ3n) is 3.61. The highest BCUT2D eigenvalue weighted by atomic mass is 32.1. The minimum absolute atomic E-state index is 0.154. The van der Waals surface area contributed by atoms with Gasteiger partial charge in [0.2, 0.25) is 5.01 Å². The van der Waals surface area contributed by atoms with Crippen molar-refractivity contribution in [3.8, 4) is 0 Å². The van der Waals surface area contributed by atoms with Crippen molar-refractivity contribution in [1.29, 1.82) is 0 Å². The van der Waals surface area contributed by atoms with Crippen molar-refractivity contribution >= 4 is 23.2 Å². The van der Waals surface area contributed by atoms with Crippen LogP contribution in [0.1, 0.15) is 40.6 Å². The van der Waals surface area contributed by atoms with Crippen molar-refractivity contribution in [2.75, 3.05) is 26.7 Å². The molecule has 1 amide bonds. The Morgan fingerprint density at radius 3 is 3.00 bits per heavy atom. The number of piperidine rings is 1. The Bertz CT molecular complexity index is 517. The number of nitrogens with one attached hydrogen (secondary N) is 1. The van der Waals surface area contributed by atoms with E-state index in [0.29, 0.717) is 12.5 Å². The SMILES string of the molecule is CCOC(=O)c1nc(C(=O)NC2CCN(C)CC2C)cs1. The first-order chi connectivity index (χ1) is 10.0. The Morgan fingerprint density at radius 2 is 2.33 bits per heavy atom. The highest BCUT2D eigenvalue weighted by molar-refractivity contribution is 7.11. The second-order valence-corrected chi connectivity index (χ2v) is 6.22. The normalized spacial score (nSPS) is 22.8. The Kier molecular flexibility index (Phi) is 5.30. The molecule has 0 aliphatic carbocycles. The molecule has 6 nitrogen and oxygen atoms in total. The van der Waals surface area contributed by atoms with Gasteiger partial charge in [0.15, 0.2) is 0 Å². The van der Waals surface area contributed by atoms with Crippen LogP contribution in [0.15, 0.2) is 5.38 Å². The van der Waals surface area contributed by atoms with Gasteiger partial charge in [-0.1, -0.05) is 6.92 Å². The summed E-state index contributed by atoms with van der Waals surface area (Å²) >= 11 is 1.13. The molecule has 1 aliphatic heterocycles. The van der Waals surface area contributed by atoms with Crippen LogP contribution in [-0.2, 0) is 4.74 Å². The number of aromatic nitrogens is 1. The standard InChI is InChI=1S/C14H21N3O3S/c1-4-20-14(19)13-16-11(8-21-13)12(18)15-10-5-6-17(3)7-9(10)2/h8-10H,4-7H2,1-3H3,(H,15,18). The van der Waals surface area contributed by atoms with Gasteiger partial charge in [-0.15, -0.1) is 11.3 Å². The number of likely N-dealkylation sites (tertiary alicyclic amines) is 1. The van der Waals surface area contributed by atoms with E-state index in [1.807, 2.05) is 0 Å². The maximum absolute atomic E-state index is 12.2. The molecular formula is C14H21N3O3S. The Labute approximate surface area is 128 Å². The van der Waals surface area contributed by atoms with E-state index in [9.17, 15) is 9.59 Å². The van der Waals surface area contributed by atoms with E-state index >= 15 is 0 Å². The van der Waals surface area contributed by atoms with Crippen LogP contribution in [0.3, 0.4) is 0 Å². The van der Waals surface area contributed by atoms with Gasteiger partial charge in [0.25, 0.3) is 5.91 Å². The molecule has 1 aromatic rings. The highest BCUT2D eigenvalue weighted by Gasteiger charge is 2.26. The molecule has 0 aromatic carbocycles. The number of esters is 1. The summed E-state index contributed by atoms with van der Waals surface area (Å²) in [6, 6.07) is 0.154. The molecule has 2 heterocycles. The van der Waals surface area contributed by atoms with Crippen molar-refractivity contribution in [3.63, 3.8) is 0 Å². The monoisotopic (exact) mass is 311 g/mol. The van der Waals surface area contributed by atoms with Gasteiger partial charge in [-0.05, 0) is 32.9 Å². The molecule has 2 atom stereocenters. The summed E-state index contributed by atoms with van der Waals surface area (Å²) in [5.41, 5.74) is 0.286. The summed E-state index contributed by atoms with van der Waals surface area (Å²) in [6.07, 6.45) is 0.929. The number of nitrogens with zero attached hydrogens (tertiary/aromatic N) is 2. The lowest BCUT2D eigenvalue weighted by atomic mass is 9.94. The van der Waals surface area contributed by atoms with E-state index in [1.54, 1.807) is 12.3 Å². The van der Waals surface area contributed by atoms with E-state index < -0.39 is 5.97 Å². The summed E-state index contributed by atoms with van der Waals surface area (Å²) < 4.78 is 4.87. The van der Waals surface area contributed by atoms with Crippen molar-refractivity contribution in [3.05, 3.63) is 16.1 Å². The van der Waals surface area contributed by atoms with Gasteiger partial charge in [0.05, 0.1) is 6.61 Å². The molecule has 1 saturated heterocycles. The summed E-state index contributed by atoms with van der Waals surface area (Å²) in [4.78, 5) is 30.1. The molecule has 0 bridgehead atoms. The number of hydrogen-bond acceptors (Lipinski definition) is 6. The van der Waals surface area contributed by atoms with E-state index in [1.165, 1.54) is 0 Å². The van der Waals surface area contributed by atoms with E-state index in [-0.39, 0.29) is 22.7 Å². The maximum Gasteiger partial charge on any atom is 0.367 e. The number of rotatable bonds is 4. The van der Waals surface area contributed by atoms with E-state index in [2.05, 4.69) is 29.2 Å². The van der Waals surface area contributed by atoms with Crippen LogP contribution in [0, 0.1) is 5.92 Å². The fraction of sp³-hybridized carbons (Fsp3) is 0.643. The topological polar surface area (TPSA) is 71.5 Å². The van der Waals surface area contributed by atoms with E-state index in [4.69, 9.17) is 4.74 Å². The largest absolute Gasteiger partial charge is 0.461 e. The predicted octanol–water partition coefficient (Wildman–Crippen LogP) is 1.39. The average Bonchev–Trinajstić information content (AvgIpc) is 2.92. The molecule has 1 aromatic heterocycles. The highest BCUT2D eigenvalue weighted by Crippen LogP contribution is 2.17. The average molecular weight is 311 g/mol. The Morgan fingerprint density at radius 1 is 1.57 bits per heavy atom. The number of amides is 1. The molecule has 0 spiro atoms. The fourth-order valence-corrected chi connectivity index (χ4v) is 3.16. The van der Waals surface area contributed by atoms with Gasteiger partial charge < -0.3 is 15.0 Å². The molecule has 1 aliphatic rings. The number of thiazole rings is 1. The maximum atomic E-state index is 12.2. The van der Waals surface area contributed by atoms with Crippen molar-refractivity contribution in [1.82, 2.24) is 15.2 Å². The minimum Gasteiger partial charge on any atom is -0.461 e. The first-order valence-corrected chi connectivity index (χ1v) is 8.01. The fourth-order valence-electron chi connectivity index (χ4n) is 2.48. The third-order valence-corrected chi connectivity index (χ3v) is 4.43. The molecule has 0 saturated carbocycles. The first kappa shape index (κ1) is 15.9. The van der Waals surface area contributed by atoms with Gasteiger partial charge in [-0.2, -0.15) is 0 Å². The van der Waals surface area contributed by atoms with Gasteiger partial charge >= 0.3 is 5.97 Å². The van der Waals surface area contributed by atoms with Gasteiger partial charge in [0, 0.05) is 18.0 Å². The van der Waals surface area contributed by atoms with E-state index in [0.717, 1.165) is 30.8 Å². The zero-order valence-corrected chi connectivity index (χ0v) is 13.4. The van der Waals surface area contributed by atoms with Crippen LogP contribution in [-0.4, -0.2) is 54.5 Å². The molecule has 2 unspecified atom stereocenters. The van der Waals surface area contributed by atoms with Crippen LogP contribution in [0.2, 0.25) is 0 Å². The minimum atomic E-state index is -0.478. The number of carbonyl (C=O) groups excluding carboxylic acids is 2. The van der Waals surface area contributed by atoms with Crippen LogP contribution in [0.5, 0.6) is 0 Å². The second-order valence-electron chi connectivity index (χ2n) is 5.37. The van der Waals surface area contributed by atoms with Crippen molar-refractivity contribution in [2.45, 2.75) is 26.3 Å². The molecule has 21 heavy (non-hydrogen) atoms. The Hall–Kier alpha value is -1.47. The number of ether oxygens (including phenoxy) is 1. The van der Waals surface area contributed by atoms with Gasteiger partial charge in [-0.25, -0.2) is 9.78 Å². The lowest BCUT2D eigenvalue weighted by molar-refractivity contribution is 0.0526. The molecule has 2 rings (SSSR count). The number of carbonyl (C=O) groups is 2. The third kappa shape index (κ3) is 4.01. The Balaban J connectivity index is 1.96. The van der Waals surface area contributed by atoms with Gasteiger partial charge in [0.1, 0.15) is 5.69 Å². The smallest absolute Gasteiger partial charge is 0.367 e. The quantitative estimate of drug-likeness (QED) is 0.851. The molecule has 1 fully saturated rings. The van der Waals surface area contributed by atoms with Gasteiger partial charge in [-0.3, -0.25) is 4.79 Å². The van der Waals surface area contributed by atoms with Crippen LogP contribution in [0.25, 0.3) is 0 Å². The zero-order chi connectivity index (χ0) is 15.4. The van der Waals surface area contributed by atoms with Crippen LogP contribution in [0.4, 0.5) is 0 Å². The zero-order valence-electron chi connectivity index (χ0n) is 12.6. The molecule has 7 heteroatoms. The summed E-state index contributed by atoms with van der Waals surface area (Å²) in [6.45, 7) is 6.11. The summed E-state index contributed by atoms with van der Waals surface area (Å²) in [5.74, 6) is -0.298. The molecule has 0 radical (unpaired) electrons. The van der Waals surface area contributed by atoms with Crippen molar-refractivity contribution < 1.29 is 14.3 Å². The second kappa shape index (κ2) is 7.00. The summed E-state index contributed by atoms with van der Waals surface area (Å²) in [7, 11) is 2.08. The first-order valence-electron chi connectivity index (χ1n) is 7.13. The van der Waals surface area contributed by atoms with Crippen LogP contribution >= 0.6 is 11.3 Å². The summed E-state index contributed by atoms with van der Waals surface area (Å²) in [5, 5.41) is 4.84. The molecule has 116 valence electrons. The van der Waals surface area contributed by atoms with Crippen molar-refractivity contribution in [2.24, 2.45) is 5.92 Å². The molecular weight excluding hydrogens is 290 g/mol. The molecule has 1 N–H and O–H groups in total. The lowest BCUT2D eigenvalue weighted by Crippen LogP contribution is -2.48. The predicted molar refractivity (Wildman–Crippen MR) is 80.6 cm³/mol. The number of hydrogen-bond donors (Lipinski definition) is 1. The van der Waals surface area contributed by atoms with Crippen LogP contribution < -0.4 is 5.32 Å².